The molecule has 2 N–H and O–H groups in total. The summed E-state index contributed by atoms with van der Waals surface area (Å²) in [4.78, 5) is 0. The van der Waals surface area contributed by atoms with Crippen molar-refractivity contribution in [2.75, 3.05) is 6.61 Å². The summed E-state index contributed by atoms with van der Waals surface area (Å²) in [7, 11) is 1.85. The number of aromatic nitrogens is 2. The SMILES string of the molecule is Cc1nn(C)c(COCC(C)(C)N)c1Cl. The van der Waals surface area contributed by atoms with Gasteiger partial charge in [-0.15, -0.1) is 0 Å². The van der Waals surface area contributed by atoms with Crippen LogP contribution >= 0.6 is 11.6 Å². The van der Waals surface area contributed by atoms with Gasteiger partial charge in [0, 0.05) is 12.6 Å². The third kappa shape index (κ3) is 3.48. The van der Waals surface area contributed by atoms with E-state index in [0.29, 0.717) is 18.2 Å². The molecule has 0 radical (unpaired) electrons. The van der Waals surface area contributed by atoms with Crippen LogP contribution in [0.2, 0.25) is 5.02 Å². The average molecular weight is 232 g/mol. The van der Waals surface area contributed by atoms with Gasteiger partial charge in [0.25, 0.3) is 0 Å². The molecular weight excluding hydrogens is 214 g/mol. The van der Waals surface area contributed by atoms with Crippen molar-refractivity contribution in [3.8, 4) is 0 Å². The molecule has 15 heavy (non-hydrogen) atoms. The van der Waals surface area contributed by atoms with E-state index in [-0.39, 0.29) is 5.54 Å². The molecule has 5 heteroatoms. The van der Waals surface area contributed by atoms with Gasteiger partial charge in [-0.1, -0.05) is 11.6 Å². The molecule has 4 nitrogen and oxygen atoms in total. The van der Waals surface area contributed by atoms with Crippen LogP contribution in [-0.2, 0) is 18.4 Å². The summed E-state index contributed by atoms with van der Waals surface area (Å²) in [5, 5.41) is 4.87. The molecule has 0 aliphatic heterocycles. The molecule has 0 saturated carbocycles. The first kappa shape index (κ1) is 12.5. The van der Waals surface area contributed by atoms with E-state index in [1.807, 2.05) is 27.8 Å². The second-order valence-electron chi connectivity index (χ2n) is 4.45. The lowest BCUT2D eigenvalue weighted by Crippen LogP contribution is -2.37. The van der Waals surface area contributed by atoms with E-state index in [4.69, 9.17) is 22.1 Å². The Morgan fingerprint density at radius 3 is 2.53 bits per heavy atom. The van der Waals surface area contributed by atoms with Crippen LogP contribution in [-0.4, -0.2) is 21.9 Å². The smallest absolute Gasteiger partial charge is 0.0900 e. The number of nitrogens with zero attached hydrogens (tertiary/aromatic N) is 2. The Labute approximate surface area is 95.3 Å². The zero-order chi connectivity index (χ0) is 11.6. The number of halogens is 1. The van der Waals surface area contributed by atoms with Crippen molar-refractivity contribution in [1.82, 2.24) is 9.78 Å². The molecule has 0 saturated heterocycles. The van der Waals surface area contributed by atoms with E-state index in [2.05, 4.69) is 5.10 Å². The maximum Gasteiger partial charge on any atom is 0.0900 e. The number of ether oxygens (including phenoxy) is 1. The Morgan fingerprint density at radius 1 is 1.53 bits per heavy atom. The van der Waals surface area contributed by atoms with E-state index in [9.17, 15) is 0 Å². The number of hydrogen-bond donors (Lipinski definition) is 1. The highest BCUT2D eigenvalue weighted by Gasteiger charge is 2.14. The zero-order valence-electron chi connectivity index (χ0n) is 9.67. The van der Waals surface area contributed by atoms with Gasteiger partial charge >= 0.3 is 0 Å². The highest BCUT2D eigenvalue weighted by atomic mass is 35.5. The summed E-state index contributed by atoms with van der Waals surface area (Å²) >= 11 is 6.07. The largest absolute Gasteiger partial charge is 0.373 e. The summed E-state index contributed by atoms with van der Waals surface area (Å²) < 4.78 is 7.23. The van der Waals surface area contributed by atoms with Crippen LogP contribution in [0.25, 0.3) is 0 Å². The minimum absolute atomic E-state index is 0.319. The van der Waals surface area contributed by atoms with Crippen molar-refractivity contribution >= 4 is 11.6 Å². The fraction of sp³-hybridized carbons (Fsp3) is 0.700. The first-order valence-corrected chi connectivity index (χ1v) is 5.23. The maximum absolute atomic E-state index is 6.07. The molecule has 0 fully saturated rings. The topological polar surface area (TPSA) is 53.1 Å². The van der Waals surface area contributed by atoms with Gasteiger partial charge in [-0.3, -0.25) is 4.68 Å². The molecule has 0 amide bonds. The van der Waals surface area contributed by atoms with Crippen molar-refractivity contribution < 1.29 is 4.74 Å². The molecule has 1 aromatic rings. The van der Waals surface area contributed by atoms with Gasteiger partial charge in [-0.25, -0.2) is 0 Å². The van der Waals surface area contributed by atoms with Crippen LogP contribution in [0.3, 0.4) is 0 Å². The van der Waals surface area contributed by atoms with Gasteiger partial charge < -0.3 is 10.5 Å². The Hall–Kier alpha value is -0.580. The predicted molar refractivity (Wildman–Crippen MR) is 60.9 cm³/mol. The molecule has 0 aliphatic carbocycles. The molecule has 0 unspecified atom stereocenters. The Bertz CT molecular complexity index is 341. The van der Waals surface area contributed by atoms with Gasteiger partial charge in [0.05, 0.1) is 29.6 Å². The Morgan fingerprint density at radius 2 is 2.13 bits per heavy atom. The molecule has 1 heterocycles. The van der Waals surface area contributed by atoms with Gasteiger partial charge in [-0.05, 0) is 20.8 Å². The lowest BCUT2D eigenvalue weighted by atomic mass is 10.1. The lowest BCUT2D eigenvalue weighted by molar-refractivity contribution is 0.0811. The van der Waals surface area contributed by atoms with Gasteiger partial charge in [0.15, 0.2) is 0 Å². The normalized spacial score (nSPS) is 12.1. The van der Waals surface area contributed by atoms with Crippen LogP contribution in [0.5, 0.6) is 0 Å². The van der Waals surface area contributed by atoms with Crippen LogP contribution in [0.1, 0.15) is 25.2 Å². The maximum atomic E-state index is 6.07. The highest BCUT2D eigenvalue weighted by Crippen LogP contribution is 2.20. The van der Waals surface area contributed by atoms with E-state index in [1.54, 1.807) is 4.68 Å². The van der Waals surface area contributed by atoms with Crippen molar-refractivity contribution in [3.05, 3.63) is 16.4 Å². The van der Waals surface area contributed by atoms with E-state index < -0.39 is 0 Å². The zero-order valence-corrected chi connectivity index (χ0v) is 10.4. The van der Waals surface area contributed by atoms with Gasteiger partial charge in [0.2, 0.25) is 0 Å². The molecule has 0 atom stereocenters. The number of rotatable bonds is 4. The van der Waals surface area contributed by atoms with Gasteiger partial charge in [-0.2, -0.15) is 5.10 Å². The van der Waals surface area contributed by atoms with E-state index in [1.165, 1.54) is 0 Å². The summed E-state index contributed by atoms with van der Waals surface area (Å²) in [5.74, 6) is 0. The monoisotopic (exact) mass is 231 g/mol. The number of nitrogens with two attached hydrogens (primary N) is 1. The summed E-state index contributed by atoms with van der Waals surface area (Å²) in [6, 6.07) is 0. The van der Waals surface area contributed by atoms with Crippen LogP contribution in [0.4, 0.5) is 0 Å². The molecule has 86 valence electrons. The number of hydrogen-bond acceptors (Lipinski definition) is 3. The molecule has 0 aromatic carbocycles. The third-order valence-electron chi connectivity index (χ3n) is 1.97. The van der Waals surface area contributed by atoms with Crippen LogP contribution < -0.4 is 5.73 Å². The molecule has 0 bridgehead atoms. The van der Waals surface area contributed by atoms with Crippen molar-refractivity contribution in [3.63, 3.8) is 0 Å². The quantitative estimate of drug-likeness (QED) is 0.857. The summed E-state index contributed by atoms with van der Waals surface area (Å²) in [5.41, 5.74) is 7.19. The summed E-state index contributed by atoms with van der Waals surface area (Å²) in [6.45, 7) is 6.65. The molecular formula is C10H18ClN3O. The average Bonchev–Trinajstić information content (AvgIpc) is 2.29. The highest BCUT2D eigenvalue weighted by molar-refractivity contribution is 6.31. The molecule has 0 aliphatic rings. The first-order chi connectivity index (χ1) is 6.81. The second kappa shape index (κ2) is 4.51. The fourth-order valence-corrected chi connectivity index (χ4v) is 1.46. The fourth-order valence-electron chi connectivity index (χ4n) is 1.25. The van der Waals surface area contributed by atoms with Crippen molar-refractivity contribution in [1.29, 1.82) is 0 Å². The number of aryl methyl sites for hydroxylation is 2. The first-order valence-electron chi connectivity index (χ1n) is 4.86. The van der Waals surface area contributed by atoms with Crippen LogP contribution in [0, 0.1) is 6.92 Å². The Balaban J connectivity index is 2.58. The standard InChI is InChI=1S/C10H18ClN3O/c1-7-9(11)8(14(4)13-7)5-15-6-10(2,3)12/h5-6,12H2,1-4H3. The van der Waals surface area contributed by atoms with Crippen molar-refractivity contribution in [2.45, 2.75) is 32.9 Å². The van der Waals surface area contributed by atoms with E-state index >= 15 is 0 Å². The molecule has 1 aromatic heterocycles. The Kier molecular flexibility index (Phi) is 3.76. The van der Waals surface area contributed by atoms with E-state index in [0.717, 1.165) is 11.4 Å². The predicted octanol–water partition coefficient (Wildman–Crippen LogP) is 1.64. The second-order valence-corrected chi connectivity index (χ2v) is 4.83. The minimum atomic E-state index is -0.319. The summed E-state index contributed by atoms with van der Waals surface area (Å²) in [6.07, 6.45) is 0. The minimum Gasteiger partial charge on any atom is -0.373 e. The van der Waals surface area contributed by atoms with Crippen LogP contribution in [0.15, 0.2) is 0 Å². The van der Waals surface area contributed by atoms with Crippen molar-refractivity contribution in [2.24, 2.45) is 12.8 Å². The molecule has 0 spiro atoms. The third-order valence-corrected chi connectivity index (χ3v) is 2.47. The molecule has 1 rings (SSSR count). The van der Waals surface area contributed by atoms with Gasteiger partial charge in [0.1, 0.15) is 0 Å². The lowest BCUT2D eigenvalue weighted by Gasteiger charge is -2.18.